The number of methoxy groups -OCH3 is 1. The number of rotatable bonds is 5. The zero-order valence-electron chi connectivity index (χ0n) is 14.8. The van der Waals surface area contributed by atoms with E-state index in [9.17, 15) is 4.79 Å². The van der Waals surface area contributed by atoms with Gasteiger partial charge in [0.25, 0.3) is 5.91 Å². The predicted octanol–water partition coefficient (Wildman–Crippen LogP) is 4.66. The van der Waals surface area contributed by atoms with E-state index in [1.54, 1.807) is 7.11 Å². The van der Waals surface area contributed by atoms with Gasteiger partial charge >= 0.3 is 0 Å². The van der Waals surface area contributed by atoms with Gasteiger partial charge in [0.05, 0.1) is 35.2 Å². The molecule has 1 aliphatic rings. The fourth-order valence-electron chi connectivity index (χ4n) is 2.70. The second kappa shape index (κ2) is 7.74. The Balaban J connectivity index is 1.97. The molecule has 1 amide bonds. The number of carbonyl (C=O) groups is 1. The minimum absolute atomic E-state index is 0.155. The number of para-hydroxylation sites is 1. The molecule has 0 atom stereocenters. The van der Waals surface area contributed by atoms with Crippen molar-refractivity contribution in [3.8, 4) is 11.5 Å². The number of benzene rings is 2. The summed E-state index contributed by atoms with van der Waals surface area (Å²) in [5.74, 6) is 1.09. The van der Waals surface area contributed by atoms with Crippen LogP contribution < -0.4 is 14.5 Å². The highest BCUT2D eigenvalue weighted by atomic mass is 79.9. The van der Waals surface area contributed by atoms with Crippen molar-refractivity contribution in [2.45, 2.75) is 13.8 Å². The van der Waals surface area contributed by atoms with Crippen molar-refractivity contribution < 1.29 is 14.3 Å². The molecule has 0 aromatic heterocycles. The minimum Gasteiger partial charge on any atom is -0.493 e. The first kappa shape index (κ1) is 18.2. The number of nitrogens with zero attached hydrogens (tertiary/aromatic N) is 2. The molecule has 0 N–H and O–H groups in total. The third-order valence-electron chi connectivity index (χ3n) is 3.91. The van der Waals surface area contributed by atoms with E-state index in [1.165, 1.54) is 5.01 Å². The number of ether oxygens (including phenoxy) is 2. The van der Waals surface area contributed by atoms with E-state index < -0.39 is 0 Å². The van der Waals surface area contributed by atoms with Crippen molar-refractivity contribution in [1.29, 1.82) is 0 Å². The largest absolute Gasteiger partial charge is 0.493 e. The van der Waals surface area contributed by atoms with E-state index in [1.807, 2.05) is 62.4 Å². The summed E-state index contributed by atoms with van der Waals surface area (Å²) in [7, 11) is 1.59. The van der Waals surface area contributed by atoms with Gasteiger partial charge in [0, 0.05) is 0 Å². The van der Waals surface area contributed by atoms with Gasteiger partial charge < -0.3 is 9.47 Å². The Bertz CT molecular complexity index is 891. The molecule has 1 heterocycles. The molecule has 134 valence electrons. The van der Waals surface area contributed by atoms with Crippen molar-refractivity contribution in [1.82, 2.24) is 0 Å². The first-order valence-electron chi connectivity index (χ1n) is 8.22. The summed E-state index contributed by atoms with van der Waals surface area (Å²) in [6.07, 6.45) is 1.81. The lowest BCUT2D eigenvalue weighted by Gasteiger charge is -2.13. The van der Waals surface area contributed by atoms with Crippen LogP contribution in [0.2, 0.25) is 0 Å². The van der Waals surface area contributed by atoms with Crippen LogP contribution in [0.25, 0.3) is 6.08 Å². The lowest BCUT2D eigenvalue weighted by Crippen LogP contribution is -2.21. The van der Waals surface area contributed by atoms with Crippen molar-refractivity contribution in [3.63, 3.8) is 0 Å². The summed E-state index contributed by atoms with van der Waals surface area (Å²) >= 11 is 3.51. The molecule has 2 aromatic rings. The molecule has 3 rings (SSSR count). The van der Waals surface area contributed by atoms with Crippen LogP contribution in [-0.4, -0.2) is 25.3 Å². The molecule has 0 unspecified atom stereocenters. The number of carbonyl (C=O) groups excluding carboxylic acids is 1. The van der Waals surface area contributed by atoms with Crippen LogP contribution in [0.3, 0.4) is 0 Å². The fourth-order valence-corrected chi connectivity index (χ4v) is 3.28. The minimum atomic E-state index is -0.155. The van der Waals surface area contributed by atoms with Crippen LogP contribution in [0, 0.1) is 0 Å². The third kappa shape index (κ3) is 3.51. The van der Waals surface area contributed by atoms with E-state index in [4.69, 9.17) is 9.47 Å². The maximum Gasteiger partial charge on any atom is 0.280 e. The van der Waals surface area contributed by atoms with Crippen LogP contribution in [0.5, 0.6) is 11.5 Å². The van der Waals surface area contributed by atoms with E-state index >= 15 is 0 Å². The van der Waals surface area contributed by atoms with Crippen LogP contribution in [-0.2, 0) is 4.79 Å². The number of anilines is 1. The zero-order chi connectivity index (χ0) is 18.7. The van der Waals surface area contributed by atoms with Crippen molar-refractivity contribution in [3.05, 3.63) is 58.1 Å². The molecule has 6 heteroatoms. The first-order chi connectivity index (χ1) is 12.5. The number of amides is 1. The topological polar surface area (TPSA) is 51.1 Å². The normalized spacial score (nSPS) is 15.4. The van der Waals surface area contributed by atoms with Gasteiger partial charge in [-0.05, 0) is 65.7 Å². The van der Waals surface area contributed by atoms with Gasteiger partial charge in [0.2, 0.25) is 0 Å². The summed E-state index contributed by atoms with van der Waals surface area (Å²) in [6, 6.07) is 13.1. The SMILES string of the molecule is CCOc1c(Br)cc(/C=C2\C(=O)N(c3ccccc3)N=C2C)cc1OC. The summed E-state index contributed by atoms with van der Waals surface area (Å²) < 4.78 is 11.8. The van der Waals surface area contributed by atoms with Crippen LogP contribution in [0.4, 0.5) is 5.69 Å². The third-order valence-corrected chi connectivity index (χ3v) is 4.50. The Kier molecular flexibility index (Phi) is 5.42. The average Bonchev–Trinajstić information content (AvgIpc) is 2.92. The average molecular weight is 415 g/mol. The molecule has 5 nitrogen and oxygen atoms in total. The highest BCUT2D eigenvalue weighted by Gasteiger charge is 2.28. The molecule has 0 aliphatic carbocycles. The Labute approximate surface area is 161 Å². The Morgan fingerprint density at radius 3 is 2.62 bits per heavy atom. The highest BCUT2D eigenvalue weighted by Crippen LogP contribution is 2.37. The summed E-state index contributed by atoms with van der Waals surface area (Å²) in [6.45, 7) is 4.27. The van der Waals surface area contributed by atoms with Gasteiger partial charge in [0.15, 0.2) is 11.5 Å². The summed E-state index contributed by atoms with van der Waals surface area (Å²) in [4.78, 5) is 12.8. The molecule has 0 radical (unpaired) electrons. The number of halogens is 1. The van der Waals surface area contributed by atoms with Gasteiger partial charge in [-0.15, -0.1) is 0 Å². The molecule has 26 heavy (non-hydrogen) atoms. The van der Waals surface area contributed by atoms with Gasteiger partial charge in [-0.3, -0.25) is 4.79 Å². The van der Waals surface area contributed by atoms with Gasteiger partial charge in [-0.25, -0.2) is 0 Å². The lowest BCUT2D eigenvalue weighted by molar-refractivity contribution is -0.114. The number of hydrogen-bond donors (Lipinski definition) is 0. The lowest BCUT2D eigenvalue weighted by atomic mass is 10.1. The Morgan fingerprint density at radius 2 is 1.96 bits per heavy atom. The van der Waals surface area contributed by atoms with Gasteiger partial charge in [-0.1, -0.05) is 18.2 Å². The van der Waals surface area contributed by atoms with E-state index in [-0.39, 0.29) is 5.91 Å². The smallest absolute Gasteiger partial charge is 0.280 e. The molecule has 0 bridgehead atoms. The number of hydrogen-bond acceptors (Lipinski definition) is 4. The summed E-state index contributed by atoms with van der Waals surface area (Å²) in [5, 5.41) is 5.81. The quantitative estimate of drug-likeness (QED) is 0.668. The van der Waals surface area contributed by atoms with E-state index in [2.05, 4.69) is 21.0 Å². The van der Waals surface area contributed by atoms with E-state index in [0.717, 1.165) is 15.7 Å². The Morgan fingerprint density at radius 1 is 1.23 bits per heavy atom. The molecule has 0 fully saturated rings. The second-order valence-corrected chi connectivity index (χ2v) is 6.52. The molecule has 0 spiro atoms. The highest BCUT2D eigenvalue weighted by molar-refractivity contribution is 9.10. The molecule has 0 saturated carbocycles. The van der Waals surface area contributed by atoms with Gasteiger partial charge in [-0.2, -0.15) is 10.1 Å². The standard InChI is InChI=1S/C20H19BrN2O3/c1-4-26-19-17(21)11-14(12-18(19)25-3)10-16-13(2)22-23(20(16)24)15-8-6-5-7-9-15/h5-12H,4H2,1-3H3/b16-10-. The van der Waals surface area contributed by atoms with Crippen molar-refractivity contribution in [2.24, 2.45) is 5.10 Å². The van der Waals surface area contributed by atoms with E-state index in [0.29, 0.717) is 29.4 Å². The zero-order valence-corrected chi connectivity index (χ0v) is 16.4. The number of hydrazone groups is 1. The molecular formula is C20H19BrN2O3. The maximum atomic E-state index is 12.8. The Hall–Kier alpha value is -2.60. The van der Waals surface area contributed by atoms with Crippen molar-refractivity contribution >= 4 is 39.3 Å². The maximum absolute atomic E-state index is 12.8. The second-order valence-electron chi connectivity index (χ2n) is 5.66. The van der Waals surface area contributed by atoms with Crippen LogP contribution >= 0.6 is 15.9 Å². The molecule has 2 aromatic carbocycles. The van der Waals surface area contributed by atoms with Gasteiger partial charge in [0.1, 0.15) is 0 Å². The fraction of sp³-hybridized carbons (Fsp3) is 0.200. The molecule has 1 aliphatic heterocycles. The monoisotopic (exact) mass is 414 g/mol. The van der Waals surface area contributed by atoms with Crippen molar-refractivity contribution in [2.75, 3.05) is 18.7 Å². The van der Waals surface area contributed by atoms with Crippen LogP contribution in [0.15, 0.2) is 57.6 Å². The first-order valence-corrected chi connectivity index (χ1v) is 9.01. The molecule has 0 saturated heterocycles. The predicted molar refractivity (Wildman–Crippen MR) is 107 cm³/mol. The molecular weight excluding hydrogens is 396 g/mol. The summed E-state index contributed by atoms with van der Waals surface area (Å²) in [5.41, 5.74) is 2.78. The van der Waals surface area contributed by atoms with Crippen LogP contribution in [0.1, 0.15) is 19.4 Å².